The minimum absolute atomic E-state index is 0.0352. The first kappa shape index (κ1) is 39.9. The second kappa shape index (κ2) is 18.3. The molecule has 1 N–H and O–H groups in total. The highest BCUT2D eigenvalue weighted by atomic mass is 16.5. The zero-order valence-corrected chi connectivity index (χ0v) is 33.2. The largest absolute Gasteiger partial charge is 0.496 e. The lowest BCUT2D eigenvalue weighted by molar-refractivity contribution is -0.0658. The number of nitrogens with zero attached hydrogens (tertiary/aromatic N) is 6. The molecular weight excluding hydrogens is 727 g/mol. The Morgan fingerprint density at radius 1 is 0.719 bits per heavy atom. The van der Waals surface area contributed by atoms with Crippen LogP contribution < -0.4 is 31.8 Å². The summed E-state index contributed by atoms with van der Waals surface area (Å²) >= 11 is 0. The summed E-state index contributed by atoms with van der Waals surface area (Å²) in [4.78, 5) is 61.3. The molecule has 7 rings (SSSR count). The van der Waals surface area contributed by atoms with Gasteiger partial charge in [-0.05, 0) is 61.8 Å². The quantitative estimate of drug-likeness (QED) is 0.165. The fraction of sp³-hybridized carbons (Fsp3) is 0.465. The molecule has 6 heterocycles. The van der Waals surface area contributed by atoms with Gasteiger partial charge in [-0.3, -0.25) is 33.8 Å². The average molecular weight is 780 g/mol. The van der Waals surface area contributed by atoms with E-state index < -0.39 is 11.2 Å². The number of pyridine rings is 3. The Kier molecular flexibility index (Phi) is 12.8. The van der Waals surface area contributed by atoms with Gasteiger partial charge in [0.1, 0.15) is 11.5 Å². The highest BCUT2D eigenvalue weighted by Gasteiger charge is 2.27. The fourth-order valence-corrected chi connectivity index (χ4v) is 8.11. The van der Waals surface area contributed by atoms with Gasteiger partial charge in [0.05, 0.1) is 38.4 Å². The Hall–Kier alpha value is -5.31. The van der Waals surface area contributed by atoms with Crippen LogP contribution in [0, 0.1) is 0 Å². The van der Waals surface area contributed by atoms with Crippen LogP contribution >= 0.6 is 0 Å². The van der Waals surface area contributed by atoms with Crippen LogP contribution in [-0.4, -0.2) is 92.6 Å². The van der Waals surface area contributed by atoms with Gasteiger partial charge in [-0.25, -0.2) is 4.79 Å². The molecule has 14 heteroatoms. The summed E-state index contributed by atoms with van der Waals surface area (Å²) in [5, 5.41) is 1.42. The van der Waals surface area contributed by atoms with Crippen molar-refractivity contribution >= 4 is 10.8 Å². The van der Waals surface area contributed by atoms with Crippen LogP contribution in [0.15, 0.2) is 86.6 Å². The molecule has 2 saturated heterocycles. The first-order valence-electron chi connectivity index (χ1n) is 20.0. The Bertz CT molecular complexity index is 2400. The highest BCUT2D eigenvalue weighted by Crippen LogP contribution is 2.39. The lowest BCUT2D eigenvalue weighted by atomic mass is 9.98. The van der Waals surface area contributed by atoms with Crippen LogP contribution in [0.1, 0.15) is 56.6 Å². The van der Waals surface area contributed by atoms with Gasteiger partial charge in [0.2, 0.25) is 0 Å². The second-order valence-electron chi connectivity index (χ2n) is 15.1. The van der Waals surface area contributed by atoms with Crippen molar-refractivity contribution in [3.63, 3.8) is 0 Å². The zero-order valence-electron chi connectivity index (χ0n) is 33.2. The molecule has 0 spiro atoms. The Morgan fingerprint density at radius 2 is 1.46 bits per heavy atom. The Balaban J connectivity index is 0.914. The van der Waals surface area contributed by atoms with E-state index in [4.69, 9.17) is 14.2 Å². The Morgan fingerprint density at radius 3 is 2.16 bits per heavy atom. The number of ether oxygens (including phenoxy) is 3. The monoisotopic (exact) mass is 779 g/mol. The smallest absolute Gasteiger partial charge is 0.328 e. The molecule has 0 amide bonds. The predicted molar refractivity (Wildman–Crippen MR) is 219 cm³/mol. The third-order valence-electron chi connectivity index (χ3n) is 11.4. The molecule has 57 heavy (non-hydrogen) atoms. The van der Waals surface area contributed by atoms with E-state index in [1.165, 1.54) is 16.8 Å². The van der Waals surface area contributed by atoms with E-state index in [1.54, 1.807) is 48.0 Å². The van der Waals surface area contributed by atoms with E-state index in [9.17, 15) is 19.2 Å². The molecule has 4 aromatic heterocycles. The van der Waals surface area contributed by atoms with Crippen LogP contribution in [0.5, 0.6) is 11.5 Å². The average Bonchev–Trinajstić information content (AvgIpc) is 3.23. The zero-order chi connectivity index (χ0) is 39.9. The number of unbranched alkanes of at least 4 members (excludes halogenated alkanes) is 1. The van der Waals surface area contributed by atoms with E-state index in [0.29, 0.717) is 24.0 Å². The highest BCUT2D eigenvalue weighted by molar-refractivity contribution is 5.97. The molecule has 0 atom stereocenters. The fourth-order valence-electron chi connectivity index (χ4n) is 8.11. The van der Waals surface area contributed by atoms with Crippen LogP contribution in [0.2, 0.25) is 0 Å². The van der Waals surface area contributed by atoms with Crippen molar-refractivity contribution in [2.45, 2.75) is 83.8 Å². The number of aromatic amines is 1. The first-order valence-corrected chi connectivity index (χ1v) is 20.0. The third kappa shape index (κ3) is 9.30. The number of nitrogens with one attached hydrogen (secondary N) is 1. The normalized spacial score (nSPS) is 16.0. The van der Waals surface area contributed by atoms with Crippen LogP contribution in [-0.2, 0) is 30.9 Å². The van der Waals surface area contributed by atoms with Gasteiger partial charge in [-0.1, -0.05) is 19.4 Å². The summed E-state index contributed by atoms with van der Waals surface area (Å²) in [6.07, 6.45) is 14.7. The molecule has 0 saturated carbocycles. The summed E-state index contributed by atoms with van der Waals surface area (Å²) < 4.78 is 23.4. The molecule has 2 fully saturated rings. The van der Waals surface area contributed by atoms with Gasteiger partial charge in [-0.2, -0.15) is 0 Å². The molecule has 5 aromatic rings. The molecule has 0 unspecified atom stereocenters. The van der Waals surface area contributed by atoms with Crippen molar-refractivity contribution in [3.05, 3.63) is 120 Å². The molecule has 14 nitrogen and oxygen atoms in total. The number of hydrogen-bond donors (Lipinski definition) is 1. The van der Waals surface area contributed by atoms with Gasteiger partial charge >= 0.3 is 5.69 Å². The van der Waals surface area contributed by atoms with Crippen molar-refractivity contribution in [1.82, 2.24) is 33.5 Å². The minimum atomic E-state index is -0.537. The van der Waals surface area contributed by atoms with E-state index in [1.807, 2.05) is 24.4 Å². The summed E-state index contributed by atoms with van der Waals surface area (Å²) in [5.41, 5.74) is 2.16. The number of H-pyrrole nitrogens is 1. The number of hydrogen-bond acceptors (Lipinski definition) is 10. The van der Waals surface area contributed by atoms with Gasteiger partial charge in [0, 0.05) is 112 Å². The molecular formula is C43H53N7O7. The third-order valence-corrected chi connectivity index (χ3v) is 11.4. The molecule has 302 valence electrons. The van der Waals surface area contributed by atoms with E-state index in [2.05, 4.69) is 32.8 Å². The number of rotatable bonds is 15. The van der Waals surface area contributed by atoms with Gasteiger partial charge in [0.15, 0.2) is 0 Å². The number of piperidine rings is 2. The Labute approximate surface area is 331 Å². The molecule has 0 aliphatic carbocycles. The topological polar surface area (TPSA) is 146 Å². The molecule has 0 bridgehead atoms. The van der Waals surface area contributed by atoms with Crippen LogP contribution in [0.25, 0.3) is 21.9 Å². The maximum Gasteiger partial charge on any atom is 0.328 e. The van der Waals surface area contributed by atoms with Crippen molar-refractivity contribution in [3.8, 4) is 22.6 Å². The molecule has 2 aliphatic rings. The standard InChI is InChI=1S/C43H53N7O7/c1-4-5-15-49-29-37(34-8-14-44-26-36(34)42(49)53)35-25-38(55-2)31(24-39(35)56-3)27-47-19-11-33(12-20-47)57-32-9-17-46(18-10-32)22-23-48-16-6-7-30(41(48)52)28-50-21-13-40(51)45-43(50)54/h6-8,13-14,16,21,24-26,29,32-33H,4-5,9-12,15,17-20,22-23,27-28H2,1-3H3,(H,45,51,54). The summed E-state index contributed by atoms with van der Waals surface area (Å²) in [5.74, 6) is 1.51. The number of fused-ring (bicyclic) bond motifs is 1. The van der Waals surface area contributed by atoms with Crippen molar-refractivity contribution < 1.29 is 14.2 Å². The van der Waals surface area contributed by atoms with Crippen molar-refractivity contribution in [1.29, 1.82) is 0 Å². The van der Waals surface area contributed by atoms with Gasteiger partial charge in [-0.15, -0.1) is 0 Å². The predicted octanol–water partition coefficient (Wildman–Crippen LogP) is 4.09. The number of aryl methyl sites for hydroxylation is 1. The maximum atomic E-state index is 13.3. The van der Waals surface area contributed by atoms with Crippen LogP contribution in [0.3, 0.4) is 0 Å². The molecule has 1 aromatic carbocycles. The SMILES string of the molecule is CCCCn1cc(-c2cc(OC)c(CN3CCC(OC4CCN(CCn5cccc(Cn6ccc(=O)[nH]c6=O)c5=O)CC4)CC3)cc2OC)c2ccncc2c1=O. The van der Waals surface area contributed by atoms with Gasteiger partial charge < -0.3 is 28.2 Å². The van der Waals surface area contributed by atoms with Crippen molar-refractivity contribution in [2.24, 2.45) is 0 Å². The second-order valence-corrected chi connectivity index (χ2v) is 15.1. The van der Waals surface area contributed by atoms with E-state index in [0.717, 1.165) is 111 Å². The molecule has 0 radical (unpaired) electrons. The number of benzene rings is 1. The number of aromatic nitrogens is 5. The van der Waals surface area contributed by atoms with E-state index >= 15 is 0 Å². The molecule has 2 aliphatic heterocycles. The van der Waals surface area contributed by atoms with Crippen molar-refractivity contribution in [2.75, 3.05) is 46.9 Å². The summed E-state index contributed by atoms with van der Waals surface area (Å²) in [6.45, 7) is 8.55. The first-order chi connectivity index (χ1) is 27.7. The van der Waals surface area contributed by atoms with E-state index in [-0.39, 0.29) is 29.9 Å². The summed E-state index contributed by atoms with van der Waals surface area (Å²) in [6, 6.07) is 10.8. The maximum absolute atomic E-state index is 13.3. The van der Waals surface area contributed by atoms with Crippen LogP contribution in [0.4, 0.5) is 0 Å². The number of likely N-dealkylation sites (tertiary alicyclic amines) is 2. The van der Waals surface area contributed by atoms with Gasteiger partial charge in [0.25, 0.3) is 16.7 Å². The summed E-state index contributed by atoms with van der Waals surface area (Å²) in [7, 11) is 3.38. The lowest BCUT2D eigenvalue weighted by Crippen LogP contribution is -2.43. The minimum Gasteiger partial charge on any atom is -0.496 e. The lowest BCUT2D eigenvalue weighted by Gasteiger charge is -2.37. The number of methoxy groups -OCH3 is 2.